The zero-order chi connectivity index (χ0) is 19.0. The number of carbonyl (C=O) groups is 1. The average molecular weight is 401 g/mol. The van der Waals surface area contributed by atoms with Crippen LogP contribution in [0.15, 0.2) is 59.6 Å². The summed E-state index contributed by atoms with van der Waals surface area (Å²) in [6.07, 6.45) is 0. The highest BCUT2D eigenvalue weighted by Crippen LogP contribution is 2.36. The molecule has 2 aromatic rings. The lowest BCUT2D eigenvalue weighted by Gasteiger charge is -2.26. The summed E-state index contributed by atoms with van der Waals surface area (Å²) in [6.45, 7) is 1.53. The Kier molecular flexibility index (Phi) is 4.82. The van der Waals surface area contributed by atoms with E-state index >= 15 is 0 Å². The van der Waals surface area contributed by atoms with Crippen molar-refractivity contribution in [2.75, 3.05) is 16.4 Å². The molecular formula is C20H20N2O3S2. The van der Waals surface area contributed by atoms with E-state index in [4.69, 9.17) is 4.99 Å². The molecule has 2 heterocycles. The van der Waals surface area contributed by atoms with Crippen LogP contribution in [-0.2, 0) is 15.6 Å². The minimum atomic E-state index is -3.09. The predicted molar refractivity (Wildman–Crippen MR) is 110 cm³/mol. The van der Waals surface area contributed by atoms with Crippen LogP contribution in [0.25, 0.3) is 0 Å². The largest absolute Gasteiger partial charge is 0.315 e. The predicted octanol–water partition coefficient (Wildman–Crippen LogP) is 3.16. The number of sulfone groups is 1. The summed E-state index contributed by atoms with van der Waals surface area (Å²) in [5.74, 6) is 0.938. The van der Waals surface area contributed by atoms with Gasteiger partial charge in [-0.3, -0.25) is 9.79 Å². The number of nitrogens with zero attached hydrogens (tertiary/aromatic N) is 2. The second-order valence-corrected chi connectivity index (χ2v) is 9.97. The molecule has 0 spiro atoms. The molecule has 2 aromatic carbocycles. The summed E-state index contributed by atoms with van der Waals surface area (Å²) >= 11 is 1.61. The maximum atomic E-state index is 12.1. The highest BCUT2D eigenvalue weighted by atomic mass is 32.2. The number of amidine groups is 1. The summed E-state index contributed by atoms with van der Waals surface area (Å²) in [5.41, 5.74) is 2.63. The number of thioether (sulfide) groups is 1. The molecule has 4 rings (SSSR count). The van der Waals surface area contributed by atoms with Gasteiger partial charge >= 0.3 is 0 Å². The third kappa shape index (κ3) is 3.80. The van der Waals surface area contributed by atoms with E-state index in [2.05, 4.69) is 12.1 Å². The van der Waals surface area contributed by atoms with Gasteiger partial charge in [0.1, 0.15) is 0 Å². The van der Waals surface area contributed by atoms with E-state index in [1.54, 1.807) is 17.8 Å². The Hall–Kier alpha value is -2.12. The molecule has 1 fully saturated rings. The fourth-order valence-corrected chi connectivity index (χ4v) is 6.45. The van der Waals surface area contributed by atoms with E-state index in [0.29, 0.717) is 5.56 Å². The lowest BCUT2D eigenvalue weighted by Crippen LogP contribution is -2.39. The molecule has 2 aliphatic heterocycles. The van der Waals surface area contributed by atoms with Crippen LogP contribution in [0, 0.1) is 0 Å². The number of hydrogen-bond acceptors (Lipinski definition) is 6. The zero-order valence-electron chi connectivity index (χ0n) is 14.9. The Bertz CT molecular complexity index is 1000. The van der Waals surface area contributed by atoms with Gasteiger partial charge in [-0.2, -0.15) is 0 Å². The number of hydrogen-bond donors (Lipinski definition) is 0. The third-order valence-electron chi connectivity index (χ3n) is 4.85. The van der Waals surface area contributed by atoms with Crippen molar-refractivity contribution in [1.29, 1.82) is 0 Å². The Morgan fingerprint density at radius 3 is 2.67 bits per heavy atom. The third-order valence-corrected chi connectivity index (χ3v) is 7.59. The fraction of sp³-hybridized carbons (Fsp3) is 0.300. The average Bonchev–Trinajstić information content (AvgIpc) is 3.12. The van der Waals surface area contributed by atoms with Crippen LogP contribution in [0.1, 0.15) is 22.8 Å². The Morgan fingerprint density at radius 1 is 1.15 bits per heavy atom. The lowest BCUT2D eigenvalue weighted by molar-refractivity contribution is 0.101. The maximum absolute atomic E-state index is 12.1. The number of aliphatic imine (C=N–C) groups is 1. The normalized spacial score (nSPS) is 23.1. The molecule has 0 amide bonds. The smallest absolute Gasteiger partial charge is 0.164 e. The number of Topliss-reactive ketones (excluding diaryl/α,β-unsaturated/α-hetero) is 1. The van der Waals surface area contributed by atoms with Gasteiger partial charge in [-0.05, 0) is 24.6 Å². The van der Waals surface area contributed by atoms with Crippen molar-refractivity contribution in [1.82, 2.24) is 0 Å². The topological polar surface area (TPSA) is 66.8 Å². The molecule has 0 unspecified atom stereocenters. The van der Waals surface area contributed by atoms with E-state index in [1.165, 1.54) is 12.5 Å². The van der Waals surface area contributed by atoms with Crippen molar-refractivity contribution in [3.63, 3.8) is 0 Å². The van der Waals surface area contributed by atoms with Crippen molar-refractivity contribution >= 4 is 38.2 Å². The van der Waals surface area contributed by atoms with E-state index in [9.17, 15) is 13.2 Å². The molecule has 0 radical (unpaired) electrons. The number of carbonyl (C=O) groups excluding carboxylic acids is 1. The lowest BCUT2D eigenvalue weighted by atomic mass is 10.1. The minimum Gasteiger partial charge on any atom is -0.315 e. The van der Waals surface area contributed by atoms with Crippen molar-refractivity contribution in [3.05, 3.63) is 65.7 Å². The van der Waals surface area contributed by atoms with Crippen molar-refractivity contribution in [3.8, 4) is 0 Å². The second-order valence-electron chi connectivity index (χ2n) is 6.87. The Labute approximate surface area is 163 Å². The van der Waals surface area contributed by atoms with E-state index in [1.807, 2.05) is 41.3 Å². The standard InChI is InChI=1S/C20H20N2O3S2/c1-14(23)16-8-5-9-17(10-16)22-19-13-27(24,25)12-18(19)21-20(22)26-11-15-6-3-2-4-7-15/h2-10,18-19H,11-13H2,1H3/t18-,19-/m1/s1. The first kappa shape index (κ1) is 18.3. The first-order valence-electron chi connectivity index (χ1n) is 8.78. The van der Waals surface area contributed by atoms with E-state index < -0.39 is 9.84 Å². The molecule has 140 valence electrons. The van der Waals surface area contributed by atoms with Crippen LogP contribution in [0.4, 0.5) is 5.69 Å². The fourth-order valence-electron chi connectivity index (χ4n) is 3.53. The molecule has 2 aliphatic rings. The zero-order valence-corrected chi connectivity index (χ0v) is 16.5. The molecule has 2 atom stereocenters. The SMILES string of the molecule is CC(=O)c1cccc(N2C(SCc3ccccc3)=N[C@@H]3CS(=O)(=O)C[C@H]32)c1. The molecule has 0 aliphatic carbocycles. The van der Waals surface area contributed by atoms with Gasteiger partial charge in [-0.25, -0.2) is 8.42 Å². The first-order valence-corrected chi connectivity index (χ1v) is 11.6. The second kappa shape index (κ2) is 7.13. The van der Waals surface area contributed by atoms with Gasteiger partial charge in [0.25, 0.3) is 0 Å². The quantitative estimate of drug-likeness (QED) is 0.738. The van der Waals surface area contributed by atoms with Gasteiger partial charge in [0.05, 0.1) is 23.6 Å². The molecular weight excluding hydrogens is 380 g/mol. The molecule has 5 nitrogen and oxygen atoms in total. The molecule has 7 heteroatoms. The number of anilines is 1. The summed E-state index contributed by atoms with van der Waals surface area (Å²) in [6, 6.07) is 17.0. The number of fused-ring (bicyclic) bond motifs is 1. The molecule has 0 aromatic heterocycles. The summed E-state index contributed by atoms with van der Waals surface area (Å²) in [4.78, 5) is 18.5. The van der Waals surface area contributed by atoms with Crippen molar-refractivity contribution in [2.45, 2.75) is 24.8 Å². The minimum absolute atomic E-state index is 0.0120. The maximum Gasteiger partial charge on any atom is 0.164 e. The first-order chi connectivity index (χ1) is 12.9. The highest BCUT2D eigenvalue weighted by Gasteiger charge is 2.47. The van der Waals surface area contributed by atoms with Crippen molar-refractivity contribution in [2.24, 2.45) is 4.99 Å². The van der Waals surface area contributed by atoms with Gasteiger partial charge < -0.3 is 4.90 Å². The monoisotopic (exact) mass is 400 g/mol. The Morgan fingerprint density at radius 2 is 1.93 bits per heavy atom. The van der Waals surface area contributed by atoms with Gasteiger partial charge in [0, 0.05) is 17.0 Å². The molecule has 0 N–H and O–H groups in total. The Balaban J connectivity index is 1.65. The van der Waals surface area contributed by atoms with Gasteiger partial charge in [-0.1, -0.05) is 54.2 Å². The summed E-state index contributed by atoms with van der Waals surface area (Å²) in [7, 11) is -3.09. The van der Waals surface area contributed by atoms with Crippen LogP contribution in [0.2, 0.25) is 0 Å². The number of ketones is 1. The summed E-state index contributed by atoms with van der Waals surface area (Å²) in [5, 5.41) is 0.824. The van der Waals surface area contributed by atoms with Gasteiger partial charge in [0.2, 0.25) is 0 Å². The van der Waals surface area contributed by atoms with E-state index in [-0.39, 0.29) is 29.4 Å². The molecule has 27 heavy (non-hydrogen) atoms. The van der Waals surface area contributed by atoms with Crippen LogP contribution >= 0.6 is 11.8 Å². The highest BCUT2D eigenvalue weighted by molar-refractivity contribution is 8.13. The molecule has 0 saturated carbocycles. The summed E-state index contributed by atoms with van der Waals surface area (Å²) < 4.78 is 24.3. The van der Waals surface area contributed by atoms with Crippen LogP contribution in [0.5, 0.6) is 0 Å². The molecule has 1 saturated heterocycles. The number of rotatable bonds is 4. The van der Waals surface area contributed by atoms with Gasteiger partial charge in [-0.15, -0.1) is 0 Å². The van der Waals surface area contributed by atoms with Gasteiger partial charge in [0.15, 0.2) is 20.8 Å². The van der Waals surface area contributed by atoms with E-state index in [0.717, 1.165) is 16.6 Å². The van der Waals surface area contributed by atoms with Crippen LogP contribution in [0.3, 0.4) is 0 Å². The molecule has 0 bridgehead atoms. The van der Waals surface area contributed by atoms with Crippen LogP contribution in [-0.4, -0.2) is 43.0 Å². The van der Waals surface area contributed by atoms with Crippen molar-refractivity contribution < 1.29 is 13.2 Å². The number of benzene rings is 2. The van der Waals surface area contributed by atoms with Crippen LogP contribution < -0.4 is 4.90 Å².